The van der Waals surface area contributed by atoms with Crippen molar-refractivity contribution in [3.63, 3.8) is 0 Å². The Hall–Kier alpha value is -3.58. The van der Waals surface area contributed by atoms with Gasteiger partial charge in [0.2, 0.25) is 17.7 Å². The van der Waals surface area contributed by atoms with Crippen LogP contribution in [0.5, 0.6) is 5.75 Å². The number of hydrogen-bond acceptors (Lipinski definition) is 5. The SMILES string of the molecule is CCOc1ccc(NC(=O)[C@H](CCSC)N2C(=O)[C@@H]3C4c5ccccc5C(c5ccccc54)[C@@H]3C2=O)cc1. The molecule has 7 heteroatoms. The van der Waals surface area contributed by atoms with Crippen molar-refractivity contribution in [3.05, 3.63) is 95.1 Å². The summed E-state index contributed by atoms with van der Waals surface area (Å²) in [6, 6.07) is 22.6. The van der Waals surface area contributed by atoms with Crippen molar-refractivity contribution in [1.29, 1.82) is 0 Å². The molecule has 2 bridgehead atoms. The van der Waals surface area contributed by atoms with Crippen molar-refractivity contribution in [3.8, 4) is 5.75 Å². The number of likely N-dealkylation sites (tertiary alicyclic amines) is 1. The van der Waals surface area contributed by atoms with Gasteiger partial charge in [0.1, 0.15) is 11.8 Å². The number of benzene rings is 3. The number of amides is 3. The van der Waals surface area contributed by atoms with Gasteiger partial charge in [-0.05, 0) is 71.9 Å². The molecule has 7 rings (SSSR count). The molecule has 1 saturated heterocycles. The van der Waals surface area contributed by atoms with E-state index in [1.165, 1.54) is 4.90 Å². The largest absolute Gasteiger partial charge is 0.494 e. The molecule has 3 atom stereocenters. The molecule has 1 fully saturated rings. The van der Waals surface area contributed by atoms with E-state index in [0.717, 1.165) is 22.3 Å². The number of carbonyl (C=O) groups is 3. The van der Waals surface area contributed by atoms with Gasteiger partial charge >= 0.3 is 0 Å². The van der Waals surface area contributed by atoms with E-state index in [2.05, 4.69) is 29.6 Å². The summed E-state index contributed by atoms with van der Waals surface area (Å²) in [7, 11) is 0. The number of anilines is 1. The van der Waals surface area contributed by atoms with Crippen molar-refractivity contribution in [1.82, 2.24) is 4.90 Å². The number of nitrogens with zero attached hydrogens (tertiary/aromatic N) is 1. The third kappa shape index (κ3) is 3.83. The van der Waals surface area contributed by atoms with Gasteiger partial charge in [-0.15, -0.1) is 0 Å². The fourth-order valence-electron chi connectivity index (χ4n) is 6.64. The zero-order valence-electron chi connectivity index (χ0n) is 21.4. The molecule has 3 amide bonds. The summed E-state index contributed by atoms with van der Waals surface area (Å²) in [4.78, 5) is 43.2. The number of ether oxygens (including phenoxy) is 1. The van der Waals surface area contributed by atoms with Crippen LogP contribution in [0.15, 0.2) is 72.8 Å². The summed E-state index contributed by atoms with van der Waals surface area (Å²) in [6.07, 6.45) is 2.36. The zero-order chi connectivity index (χ0) is 26.4. The molecule has 4 aliphatic rings. The van der Waals surface area contributed by atoms with E-state index in [1.54, 1.807) is 36.0 Å². The first-order valence-corrected chi connectivity index (χ1v) is 14.5. The average molecular weight is 527 g/mol. The van der Waals surface area contributed by atoms with E-state index in [0.29, 0.717) is 30.2 Å². The lowest BCUT2D eigenvalue weighted by Crippen LogP contribution is -2.48. The van der Waals surface area contributed by atoms with Crippen molar-refractivity contribution < 1.29 is 19.1 Å². The van der Waals surface area contributed by atoms with Crippen molar-refractivity contribution >= 4 is 35.2 Å². The second-order valence-electron chi connectivity index (χ2n) is 10.1. The topological polar surface area (TPSA) is 75.7 Å². The molecule has 1 aliphatic heterocycles. The van der Waals surface area contributed by atoms with Gasteiger partial charge in [0, 0.05) is 17.5 Å². The molecule has 1 N–H and O–H groups in total. The van der Waals surface area contributed by atoms with Gasteiger partial charge in [0.15, 0.2) is 0 Å². The van der Waals surface area contributed by atoms with E-state index >= 15 is 0 Å². The Balaban J connectivity index is 1.35. The molecule has 0 radical (unpaired) electrons. The smallest absolute Gasteiger partial charge is 0.247 e. The standard InChI is InChI=1S/C31H30N2O4S/c1-3-37-19-14-12-18(13-15-19)32-29(34)24(16-17-38-2)33-30(35)27-25-20-8-4-5-9-21(20)26(28(27)31(33)36)23-11-7-6-10-22(23)25/h4-15,24-28H,3,16-17H2,1-2H3,(H,32,34)/t24-,25?,26?,27-,28+/m0/s1. The Morgan fingerprint density at radius 2 is 1.37 bits per heavy atom. The first kappa shape index (κ1) is 24.7. The first-order valence-electron chi connectivity index (χ1n) is 13.1. The molecule has 0 spiro atoms. The van der Waals surface area contributed by atoms with Crippen LogP contribution in [0.1, 0.15) is 47.4 Å². The molecule has 6 nitrogen and oxygen atoms in total. The quantitative estimate of drug-likeness (QED) is 0.417. The third-order valence-electron chi connectivity index (χ3n) is 8.13. The van der Waals surface area contributed by atoms with E-state index in [4.69, 9.17) is 4.74 Å². The Bertz CT molecular complexity index is 1290. The highest BCUT2D eigenvalue weighted by Crippen LogP contribution is 2.61. The second kappa shape index (κ2) is 9.95. The van der Waals surface area contributed by atoms with Crippen molar-refractivity contribution in [2.45, 2.75) is 31.2 Å². The number of rotatable bonds is 8. The minimum absolute atomic E-state index is 0.186. The van der Waals surface area contributed by atoms with Crippen molar-refractivity contribution in [2.24, 2.45) is 11.8 Å². The molecular formula is C31H30N2O4S. The van der Waals surface area contributed by atoms with Gasteiger partial charge in [0.25, 0.3) is 0 Å². The number of nitrogens with one attached hydrogen (secondary N) is 1. The number of thioether (sulfide) groups is 1. The van der Waals surface area contributed by atoms with Crippen LogP contribution in [-0.4, -0.2) is 47.3 Å². The highest BCUT2D eigenvalue weighted by atomic mass is 32.2. The Kier molecular flexibility index (Phi) is 6.48. The van der Waals surface area contributed by atoms with Gasteiger partial charge in [-0.2, -0.15) is 11.8 Å². The summed E-state index contributed by atoms with van der Waals surface area (Å²) in [5, 5.41) is 2.94. The summed E-state index contributed by atoms with van der Waals surface area (Å²) in [6.45, 7) is 2.47. The minimum Gasteiger partial charge on any atom is -0.494 e. The summed E-state index contributed by atoms with van der Waals surface area (Å²) in [5.74, 6) is -0.790. The van der Waals surface area contributed by atoms with Crippen LogP contribution in [0, 0.1) is 11.8 Å². The maximum Gasteiger partial charge on any atom is 0.247 e. The summed E-state index contributed by atoms with van der Waals surface area (Å²) >= 11 is 1.60. The third-order valence-corrected chi connectivity index (χ3v) is 8.77. The predicted octanol–water partition coefficient (Wildman–Crippen LogP) is 5.04. The van der Waals surface area contributed by atoms with Crippen molar-refractivity contribution in [2.75, 3.05) is 23.9 Å². The number of carbonyl (C=O) groups excluding carboxylic acids is 3. The van der Waals surface area contributed by atoms with Gasteiger partial charge in [-0.3, -0.25) is 19.3 Å². The van der Waals surface area contributed by atoms with Gasteiger partial charge < -0.3 is 10.1 Å². The Morgan fingerprint density at radius 1 is 0.868 bits per heavy atom. The van der Waals surface area contributed by atoms with Crippen LogP contribution in [0.2, 0.25) is 0 Å². The van der Waals surface area contributed by atoms with E-state index in [9.17, 15) is 14.4 Å². The van der Waals surface area contributed by atoms with E-state index in [1.807, 2.05) is 37.4 Å². The van der Waals surface area contributed by atoms with Crippen LogP contribution in [0.25, 0.3) is 0 Å². The molecule has 0 saturated carbocycles. The first-order chi connectivity index (χ1) is 18.5. The lowest BCUT2D eigenvalue weighted by Gasteiger charge is -2.45. The highest BCUT2D eigenvalue weighted by Gasteiger charge is 2.62. The molecule has 3 aliphatic carbocycles. The zero-order valence-corrected chi connectivity index (χ0v) is 22.2. The fourth-order valence-corrected chi connectivity index (χ4v) is 7.10. The van der Waals surface area contributed by atoms with E-state index < -0.39 is 17.9 Å². The van der Waals surface area contributed by atoms with Gasteiger partial charge in [-0.25, -0.2) is 0 Å². The van der Waals surface area contributed by atoms with Crippen LogP contribution in [-0.2, 0) is 14.4 Å². The predicted molar refractivity (Wildman–Crippen MR) is 148 cm³/mol. The lowest BCUT2D eigenvalue weighted by atomic mass is 9.55. The Labute approximate surface area is 226 Å². The van der Waals surface area contributed by atoms with Gasteiger partial charge in [-0.1, -0.05) is 48.5 Å². The molecule has 38 heavy (non-hydrogen) atoms. The average Bonchev–Trinajstić information content (AvgIpc) is 3.20. The monoisotopic (exact) mass is 526 g/mol. The Morgan fingerprint density at radius 3 is 1.82 bits per heavy atom. The molecule has 0 aromatic heterocycles. The van der Waals surface area contributed by atoms with Crippen LogP contribution in [0.3, 0.4) is 0 Å². The fraction of sp³-hybridized carbons (Fsp3) is 0.323. The summed E-state index contributed by atoms with van der Waals surface area (Å²) in [5.41, 5.74) is 5.10. The number of imide groups is 1. The molecule has 3 aromatic carbocycles. The second-order valence-corrected chi connectivity index (χ2v) is 11.0. The lowest BCUT2D eigenvalue weighted by molar-refractivity contribution is -0.146. The maximum absolute atomic E-state index is 14.1. The molecule has 194 valence electrons. The highest BCUT2D eigenvalue weighted by molar-refractivity contribution is 7.98. The molecular weight excluding hydrogens is 496 g/mol. The number of hydrogen-bond donors (Lipinski definition) is 1. The van der Waals surface area contributed by atoms with Crippen LogP contribution >= 0.6 is 11.8 Å². The summed E-state index contributed by atoms with van der Waals surface area (Å²) < 4.78 is 5.50. The maximum atomic E-state index is 14.1. The molecule has 0 unspecified atom stereocenters. The van der Waals surface area contributed by atoms with Crippen LogP contribution in [0.4, 0.5) is 5.69 Å². The molecule has 3 aromatic rings. The normalized spacial score (nSPS) is 23.5. The van der Waals surface area contributed by atoms with E-state index in [-0.39, 0.29) is 29.6 Å². The van der Waals surface area contributed by atoms with Gasteiger partial charge in [0.05, 0.1) is 18.4 Å². The minimum atomic E-state index is -0.870. The molecule has 1 heterocycles. The van der Waals surface area contributed by atoms with Crippen LogP contribution < -0.4 is 10.1 Å².